The number of esters is 2. The zero-order valence-electron chi connectivity index (χ0n) is 15.8. The van der Waals surface area contributed by atoms with E-state index in [2.05, 4.69) is 27.1 Å². The van der Waals surface area contributed by atoms with E-state index in [-0.39, 0.29) is 20.3 Å². The van der Waals surface area contributed by atoms with Crippen molar-refractivity contribution in [3.63, 3.8) is 0 Å². The minimum atomic E-state index is -1.22. The first kappa shape index (κ1) is 24.9. The molecule has 4 rings (SSSR count). The SMILES string of the molecule is C.COC(=O)CCC(=O)OC1C(O)C2OC1C1C(=O)N(c3ccccc3)C(=O)C21.S=S. The molecule has 0 radical (unpaired) electrons. The van der Waals surface area contributed by atoms with Crippen molar-refractivity contribution in [1.29, 1.82) is 0 Å². The second-order valence-corrected chi connectivity index (χ2v) is 6.99. The lowest BCUT2D eigenvalue weighted by molar-refractivity contribution is -0.161. The monoisotopic (exact) mass is 469 g/mol. The van der Waals surface area contributed by atoms with Crippen LogP contribution in [0.3, 0.4) is 0 Å². The molecule has 3 saturated heterocycles. The van der Waals surface area contributed by atoms with E-state index in [0.717, 1.165) is 4.90 Å². The molecule has 31 heavy (non-hydrogen) atoms. The van der Waals surface area contributed by atoms with Crippen molar-refractivity contribution in [3.05, 3.63) is 30.3 Å². The highest BCUT2D eigenvalue weighted by molar-refractivity contribution is 8.07. The molecule has 0 aromatic heterocycles. The Bertz CT molecular complexity index is 851. The summed E-state index contributed by atoms with van der Waals surface area (Å²) in [5.41, 5.74) is 0.451. The lowest BCUT2D eigenvalue weighted by atomic mass is 9.78. The van der Waals surface area contributed by atoms with Crippen molar-refractivity contribution >= 4 is 51.8 Å². The normalized spacial score (nSPS) is 30.1. The van der Waals surface area contributed by atoms with Crippen LogP contribution >= 0.6 is 0 Å². The average Bonchev–Trinajstić information content (AvgIpc) is 3.38. The molecule has 0 spiro atoms. The van der Waals surface area contributed by atoms with Gasteiger partial charge >= 0.3 is 11.9 Å². The molecule has 2 bridgehead atoms. The largest absolute Gasteiger partial charge is 0.469 e. The summed E-state index contributed by atoms with van der Waals surface area (Å²) in [5.74, 6) is -3.76. The average molecular weight is 470 g/mol. The Morgan fingerprint density at radius 1 is 1.03 bits per heavy atom. The molecular formula is C20H23NO8S2. The molecule has 3 heterocycles. The topological polar surface area (TPSA) is 119 Å². The van der Waals surface area contributed by atoms with Crippen LogP contribution in [0, 0.1) is 11.8 Å². The Hall–Kier alpha value is -2.34. The summed E-state index contributed by atoms with van der Waals surface area (Å²) in [7, 11) is 1.21. The molecule has 11 heteroatoms. The summed E-state index contributed by atoms with van der Waals surface area (Å²) < 4.78 is 15.4. The molecule has 3 fully saturated rings. The van der Waals surface area contributed by atoms with E-state index >= 15 is 0 Å². The number of anilines is 1. The fraction of sp³-hybridized carbons (Fsp3) is 0.500. The number of aliphatic hydroxyl groups excluding tert-OH is 1. The van der Waals surface area contributed by atoms with E-state index in [9.17, 15) is 24.3 Å². The molecule has 1 N–H and O–H groups in total. The van der Waals surface area contributed by atoms with Gasteiger partial charge in [0.15, 0.2) is 6.10 Å². The first-order chi connectivity index (χ1) is 14.4. The molecule has 9 nitrogen and oxygen atoms in total. The predicted molar refractivity (Wildman–Crippen MR) is 113 cm³/mol. The zero-order valence-corrected chi connectivity index (χ0v) is 17.5. The number of carbonyl (C=O) groups excluding carboxylic acids is 4. The van der Waals surface area contributed by atoms with Gasteiger partial charge in [0.2, 0.25) is 11.8 Å². The second kappa shape index (κ2) is 10.3. The van der Waals surface area contributed by atoms with Gasteiger partial charge in [0.05, 0.1) is 37.5 Å². The number of fused-ring (bicyclic) bond motifs is 5. The molecule has 1 aromatic rings. The summed E-state index contributed by atoms with van der Waals surface area (Å²) in [6, 6.07) is 8.52. The number of ether oxygens (including phenoxy) is 3. The maximum Gasteiger partial charge on any atom is 0.306 e. The number of amides is 2. The Balaban J connectivity index is 0.00000111. The van der Waals surface area contributed by atoms with Crippen LogP contribution in [-0.2, 0) is 55.8 Å². The fourth-order valence-electron chi connectivity index (χ4n) is 4.20. The lowest BCUT2D eigenvalue weighted by Gasteiger charge is -2.28. The number of rotatable bonds is 5. The third-order valence-electron chi connectivity index (χ3n) is 5.46. The summed E-state index contributed by atoms with van der Waals surface area (Å²) in [6.07, 6.45) is -4.48. The number of hydrogen-bond acceptors (Lipinski definition) is 10. The fourth-order valence-corrected chi connectivity index (χ4v) is 4.20. The van der Waals surface area contributed by atoms with Crippen molar-refractivity contribution in [3.8, 4) is 0 Å². The van der Waals surface area contributed by atoms with Crippen molar-refractivity contribution < 1.29 is 38.5 Å². The molecular weight excluding hydrogens is 446 g/mol. The summed E-state index contributed by atoms with van der Waals surface area (Å²) in [4.78, 5) is 50.0. The number of methoxy groups -OCH3 is 1. The standard InChI is InChI=1S/C19H19NO8.CH4.S2/c1-26-10(21)7-8-11(22)27-17-14(23)15-12-13(16(17)28-15)19(25)20(18(12)24)9-5-3-2-4-6-9;;1-2/h2-6,12-17,23H,7-8H2,1H3;1H4;. The minimum Gasteiger partial charge on any atom is -0.469 e. The van der Waals surface area contributed by atoms with E-state index < -0.39 is 60.0 Å². The van der Waals surface area contributed by atoms with Crippen molar-refractivity contribution in [2.75, 3.05) is 12.0 Å². The van der Waals surface area contributed by atoms with Crippen LogP contribution in [0.25, 0.3) is 0 Å². The highest BCUT2D eigenvalue weighted by Gasteiger charge is 2.70. The van der Waals surface area contributed by atoms with Gasteiger partial charge in [-0.05, 0) is 12.1 Å². The molecule has 0 aliphatic carbocycles. The molecule has 3 aliphatic heterocycles. The molecule has 3 aliphatic rings. The van der Waals surface area contributed by atoms with Crippen LogP contribution in [0.2, 0.25) is 0 Å². The number of nitrogens with zero attached hydrogens (tertiary/aromatic N) is 1. The maximum atomic E-state index is 12.9. The quantitative estimate of drug-likeness (QED) is 0.480. The van der Waals surface area contributed by atoms with Crippen molar-refractivity contribution in [2.24, 2.45) is 11.8 Å². The van der Waals surface area contributed by atoms with Gasteiger partial charge in [0.25, 0.3) is 0 Å². The smallest absolute Gasteiger partial charge is 0.306 e. The zero-order chi connectivity index (χ0) is 22.0. The van der Waals surface area contributed by atoms with Gasteiger partial charge in [-0.2, -0.15) is 0 Å². The van der Waals surface area contributed by atoms with Crippen LogP contribution in [0.1, 0.15) is 20.3 Å². The van der Waals surface area contributed by atoms with Gasteiger partial charge < -0.3 is 19.3 Å². The van der Waals surface area contributed by atoms with E-state index in [1.807, 2.05) is 0 Å². The molecule has 6 atom stereocenters. The van der Waals surface area contributed by atoms with Gasteiger partial charge in [-0.1, -0.05) is 25.6 Å². The van der Waals surface area contributed by atoms with Crippen LogP contribution in [0.5, 0.6) is 0 Å². The van der Waals surface area contributed by atoms with Crippen LogP contribution in [0.4, 0.5) is 5.69 Å². The van der Waals surface area contributed by atoms with Crippen LogP contribution in [-0.4, -0.2) is 60.4 Å². The maximum absolute atomic E-state index is 12.9. The van der Waals surface area contributed by atoms with Gasteiger partial charge in [-0.3, -0.25) is 19.2 Å². The van der Waals surface area contributed by atoms with E-state index in [1.165, 1.54) is 7.11 Å². The lowest BCUT2D eigenvalue weighted by Crippen LogP contribution is -2.49. The van der Waals surface area contributed by atoms with Crippen molar-refractivity contribution in [1.82, 2.24) is 0 Å². The van der Waals surface area contributed by atoms with Crippen molar-refractivity contribution in [2.45, 2.75) is 44.7 Å². The van der Waals surface area contributed by atoms with Gasteiger partial charge in [-0.15, -0.1) is 0 Å². The second-order valence-electron chi connectivity index (χ2n) is 6.99. The third-order valence-corrected chi connectivity index (χ3v) is 5.46. The Kier molecular flexibility index (Phi) is 8.29. The third kappa shape index (κ3) is 4.36. The van der Waals surface area contributed by atoms with Crippen LogP contribution < -0.4 is 4.90 Å². The van der Waals surface area contributed by atoms with Gasteiger partial charge in [0, 0.05) is 22.4 Å². The van der Waals surface area contributed by atoms with Gasteiger partial charge in [-0.25, -0.2) is 4.90 Å². The molecule has 1 aromatic carbocycles. The molecule has 2 amide bonds. The van der Waals surface area contributed by atoms with Gasteiger partial charge in [0.1, 0.15) is 18.3 Å². The van der Waals surface area contributed by atoms with E-state index in [0.29, 0.717) is 5.69 Å². The number of imide groups is 1. The van der Waals surface area contributed by atoms with Crippen LogP contribution in [0.15, 0.2) is 30.3 Å². The van der Waals surface area contributed by atoms with E-state index in [1.54, 1.807) is 30.3 Å². The number of para-hydroxylation sites is 1. The highest BCUT2D eigenvalue weighted by Crippen LogP contribution is 2.50. The number of carbonyl (C=O) groups is 4. The number of aliphatic hydroxyl groups is 1. The summed E-state index contributed by atoms with van der Waals surface area (Å²) in [5, 5.41) is 10.5. The Labute approximate surface area is 189 Å². The van der Waals surface area contributed by atoms with E-state index in [4.69, 9.17) is 9.47 Å². The molecule has 168 valence electrons. The molecule has 0 saturated carbocycles. The highest BCUT2D eigenvalue weighted by atomic mass is 32.8. The first-order valence-corrected chi connectivity index (χ1v) is 10.5. The summed E-state index contributed by atoms with van der Waals surface area (Å²) in [6.45, 7) is 0. The first-order valence-electron chi connectivity index (χ1n) is 9.13. The Morgan fingerprint density at radius 3 is 2.16 bits per heavy atom. The number of benzene rings is 1. The predicted octanol–water partition coefficient (Wildman–Crippen LogP) is 0.430. The Morgan fingerprint density at radius 2 is 1.58 bits per heavy atom. The molecule has 6 unspecified atom stereocenters. The number of hydrogen-bond donors (Lipinski definition) is 1. The summed E-state index contributed by atoms with van der Waals surface area (Å²) >= 11 is 7.33. The minimum absolute atomic E-state index is 0.